The van der Waals surface area contributed by atoms with Crippen LogP contribution < -0.4 is 5.32 Å². The molecule has 0 spiro atoms. The number of hydrogen-bond donors (Lipinski definition) is 1. The zero-order valence-electron chi connectivity index (χ0n) is 9.42. The fourth-order valence-corrected chi connectivity index (χ4v) is 2.12. The Labute approximate surface area is 87.7 Å². The SMILES string of the molecule is CCC(C#N)NCC1CCC(C)CC1. The van der Waals surface area contributed by atoms with Gasteiger partial charge in [-0.1, -0.05) is 26.7 Å². The minimum Gasteiger partial charge on any atom is -0.302 e. The molecule has 0 radical (unpaired) electrons. The van der Waals surface area contributed by atoms with Crippen LogP contribution in [0.25, 0.3) is 0 Å². The molecule has 2 heteroatoms. The Bertz CT molecular complexity index is 187. The van der Waals surface area contributed by atoms with E-state index in [4.69, 9.17) is 5.26 Å². The van der Waals surface area contributed by atoms with Gasteiger partial charge in [-0.15, -0.1) is 0 Å². The minimum atomic E-state index is 0.0642. The van der Waals surface area contributed by atoms with Crippen LogP contribution in [-0.4, -0.2) is 12.6 Å². The van der Waals surface area contributed by atoms with E-state index in [1.165, 1.54) is 25.7 Å². The Morgan fingerprint density at radius 1 is 1.36 bits per heavy atom. The van der Waals surface area contributed by atoms with Crippen molar-refractivity contribution >= 4 is 0 Å². The topological polar surface area (TPSA) is 35.8 Å². The third-order valence-corrected chi connectivity index (χ3v) is 3.35. The molecule has 1 rings (SSSR count). The molecule has 1 N–H and O–H groups in total. The van der Waals surface area contributed by atoms with Crippen molar-refractivity contribution in [3.05, 3.63) is 0 Å². The molecule has 1 aliphatic rings. The van der Waals surface area contributed by atoms with Gasteiger partial charge < -0.3 is 5.32 Å². The van der Waals surface area contributed by atoms with E-state index in [0.717, 1.165) is 24.8 Å². The largest absolute Gasteiger partial charge is 0.302 e. The highest BCUT2D eigenvalue weighted by molar-refractivity contribution is 4.89. The molecular formula is C12H22N2. The zero-order valence-corrected chi connectivity index (χ0v) is 9.42. The first kappa shape index (κ1) is 11.5. The Balaban J connectivity index is 2.16. The van der Waals surface area contributed by atoms with E-state index in [1.54, 1.807) is 0 Å². The van der Waals surface area contributed by atoms with Gasteiger partial charge in [-0.05, 0) is 37.6 Å². The summed E-state index contributed by atoms with van der Waals surface area (Å²) in [6, 6.07) is 2.35. The van der Waals surface area contributed by atoms with Crippen molar-refractivity contribution in [1.29, 1.82) is 5.26 Å². The van der Waals surface area contributed by atoms with E-state index >= 15 is 0 Å². The number of nitrogens with one attached hydrogen (secondary N) is 1. The molecular weight excluding hydrogens is 172 g/mol. The smallest absolute Gasteiger partial charge is 0.0950 e. The molecule has 0 amide bonds. The van der Waals surface area contributed by atoms with Crippen LogP contribution in [0.4, 0.5) is 0 Å². The Morgan fingerprint density at radius 3 is 2.50 bits per heavy atom. The summed E-state index contributed by atoms with van der Waals surface area (Å²) in [6.07, 6.45) is 6.34. The quantitative estimate of drug-likeness (QED) is 0.747. The van der Waals surface area contributed by atoms with Crippen molar-refractivity contribution < 1.29 is 0 Å². The van der Waals surface area contributed by atoms with Crippen molar-refractivity contribution in [2.75, 3.05) is 6.54 Å². The van der Waals surface area contributed by atoms with Gasteiger partial charge in [-0.25, -0.2) is 0 Å². The first-order valence-corrected chi connectivity index (χ1v) is 5.89. The van der Waals surface area contributed by atoms with Gasteiger partial charge in [0.2, 0.25) is 0 Å². The van der Waals surface area contributed by atoms with Crippen molar-refractivity contribution in [3.63, 3.8) is 0 Å². The Hall–Kier alpha value is -0.550. The molecule has 80 valence electrons. The molecule has 0 saturated heterocycles. The molecule has 0 heterocycles. The minimum absolute atomic E-state index is 0.0642. The molecule has 14 heavy (non-hydrogen) atoms. The van der Waals surface area contributed by atoms with E-state index in [-0.39, 0.29) is 6.04 Å². The summed E-state index contributed by atoms with van der Waals surface area (Å²) in [5, 5.41) is 12.1. The van der Waals surface area contributed by atoms with Crippen molar-refractivity contribution in [2.24, 2.45) is 11.8 Å². The average molecular weight is 194 g/mol. The lowest BCUT2D eigenvalue weighted by Gasteiger charge is -2.26. The highest BCUT2D eigenvalue weighted by atomic mass is 14.9. The molecule has 1 aliphatic carbocycles. The summed E-state index contributed by atoms with van der Waals surface area (Å²) in [7, 11) is 0. The second kappa shape index (κ2) is 6.03. The van der Waals surface area contributed by atoms with Gasteiger partial charge in [0, 0.05) is 0 Å². The van der Waals surface area contributed by atoms with E-state index in [0.29, 0.717) is 0 Å². The molecule has 1 atom stereocenters. The van der Waals surface area contributed by atoms with Crippen LogP contribution in [0.3, 0.4) is 0 Å². The van der Waals surface area contributed by atoms with Crippen LogP contribution in [0.1, 0.15) is 46.0 Å². The van der Waals surface area contributed by atoms with Crippen LogP contribution in [0.2, 0.25) is 0 Å². The molecule has 1 saturated carbocycles. The Morgan fingerprint density at radius 2 is 2.00 bits per heavy atom. The number of nitrogens with zero attached hydrogens (tertiary/aromatic N) is 1. The van der Waals surface area contributed by atoms with Crippen LogP contribution in [0.5, 0.6) is 0 Å². The van der Waals surface area contributed by atoms with Gasteiger partial charge in [0.25, 0.3) is 0 Å². The predicted octanol–water partition coefficient (Wildman–Crippen LogP) is 2.70. The highest BCUT2D eigenvalue weighted by Crippen LogP contribution is 2.27. The van der Waals surface area contributed by atoms with Gasteiger partial charge in [-0.2, -0.15) is 5.26 Å². The molecule has 0 aromatic carbocycles. The Kier molecular flexibility index (Phi) is 4.97. The van der Waals surface area contributed by atoms with Gasteiger partial charge in [0.05, 0.1) is 12.1 Å². The first-order valence-electron chi connectivity index (χ1n) is 5.89. The van der Waals surface area contributed by atoms with Crippen LogP contribution >= 0.6 is 0 Å². The summed E-state index contributed by atoms with van der Waals surface area (Å²) in [5.41, 5.74) is 0. The lowest BCUT2D eigenvalue weighted by atomic mass is 9.83. The third-order valence-electron chi connectivity index (χ3n) is 3.35. The highest BCUT2D eigenvalue weighted by Gasteiger charge is 2.18. The lowest BCUT2D eigenvalue weighted by Crippen LogP contribution is -2.33. The summed E-state index contributed by atoms with van der Waals surface area (Å²) >= 11 is 0. The van der Waals surface area contributed by atoms with Crippen molar-refractivity contribution in [3.8, 4) is 6.07 Å². The summed E-state index contributed by atoms with van der Waals surface area (Å²) < 4.78 is 0. The predicted molar refractivity (Wildman–Crippen MR) is 58.8 cm³/mol. The second-order valence-electron chi connectivity index (χ2n) is 4.62. The maximum atomic E-state index is 8.79. The molecule has 0 aromatic heterocycles. The van der Waals surface area contributed by atoms with Crippen molar-refractivity contribution in [1.82, 2.24) is 5.32 Å². The normalized spacial score (nSPS) is 29.5. The summed E-state index contributed by atoms with van der Waals surface area (Å²) in [4.78, 5) is 0. The molecule has 1 unspecified atom stereocenters. The fourth-order valence-electron chi connectivity index (χ4n) is 2.12. The lowest BCUT2D eigenvalue weighted by molar-refractivity contribution is 0.278. The van der Waals surface area contributed by atoms with Gasteiger partial charge in [0.15, 0.2) is 0 Å². The first-order chi connectivity index (χ1) is 6.76. The molecule has 0 bridgehead atoms. The monoisotopic (exact) mass is 194 g/mol. The van der Waals surface area contributed by atoms with E-state index < -0.39 is 0 Å². The van der Waals surface area contributed by atoms with Crippen LogP contribution in [0.15, 0.2) is 0 Å². The average Bonchev–Trinajstić information content (AvgIpc) is 2.22. The van der Waals surface area contributed by atoms with Gasteiger partial charge in [0.1, 0.15) is 0 Å². The van der Waals surface area contributed by atoms with Crippen LogP contribution in [-0.2, 0) is 0 Å². The van der Waals surface area contributed by atoms with Gasteiger partial charge >= 0.3 is 0 Å². The zero-order chi connectivity index (χ0) is 10.4. The molecule has 2 nitrogen and oxygen atoms in total. The third kappa shape index (κ3) is 3.67. The maximum absolute atomic E-state index is 8.79. The fraction of sp³-hybridized carbons (Fsp3) is 0.917. The van der Waals surface area contributed by atoms with E-state index in [9.17, 15) is 0 Å². The maximum Gasteiger partial charge on any atom is 0.0950 e. The molecule has 1 fully saturated rings. The standard InChI is InChI=1S/C12H22N2/c1-3-12(8-13)14-9-11-6-4-10(2)5-7-11/h10-12,14H,3-7,9H2,1-2H3. The molecule has 0 aromatic rings. The van der Waals surface area contributed by atoms with E-state index in [2.05, 4.69) is 25.2 Å². The molecule has 0 aliphatic heterocycles. The number of nitriles is 1. The van der Waals surface area contributed by atoms with Gasteiger partial charge in [-0.3, -0.25) is 0 Å². The van der Waals surface area contributed by atoms with Crippen LogP contribution in [0, 0.1) is 23.2 Å². The van der Waals surface area contributed by atoms with Crippen molar-refractivity contribution in [2.45, 2.75) is 52.0 Å². The number of rotatable bonds is 4. The summed E-state index contributed by atoms with van der Waals surface area (Å²) in [5.74, 6) is 1.73. The van der Waals surface area contributed by atoms with E-state index in [1.807, 2.05) is 0 Å². The second-order valence-corrected chi connectivity index (χ2v) is 4.62. The summed E-state index contributed by atoms with van der Waals surface area (Å²) in [6.45, 7) is 5.44. The number of hydrogen-bond acceptors (Lipinski definition) is 2.